The summed E-state index contributed by atoms with van der Waals surface area (Å²) in [6.45, 7) is 0.417. The minimum atomic E-state index is -0.383. The molecule has 4 nitrogen and oxygen atoms in total. The zero-order valence-corrected chi connectivity index (χ0v) is 14.2. The molecule has 1 heterocycles. The Morgan fingerprint density at radius 2 is 1.69 bits per heavy atom. The minimum absolute atomic E-state index is 0.0968. The number of fused-ring (bicyclic) bond motifs is 1. The zero-order valence-electron chi connectivity index (χ0n) is 14.2. The monoisotopic (exact) mass is 345 g/mol. The van der Waals surface area contributed by atoms with E-state index in [1.807, 2.05) is 72.8 Å². The summed E-state index contributed by atoms with van der Waals surface area (Å²) in [7, 11) is 0. The Morgan fingerprint density at radius 1 is 1.04 bits per heavy atom. The Morgan fingerprint density at radius 3 is 2.35 bits per heavy atom. The summed E-state index contributed by atoms with van der Waals surface area (Å²) in [5, 5.41) is 4.16. The van der Waals surface area contributed by atoms with E-state index in [2.05, 4.69) is 5.16 Å². The first-order valence-corrected chi connectivity index (χ1v) is 8.66. The lowest BCUT2D eigenvalue weighted by Crippen LogP contribution is -2.28. The number of benzene rings is 2. The molecule has 26 heavy (non-hydrogen) atoms. The van der Waals surface area contributed by atoms with Crippen molar-refractivity contribution >= 4 is 12.0 Å². The summed E-state index contributed by atoms with van der Waals surface area (Å²) in [6.07, 6.45) is 6.69. The molecule has 4 rings (SSSR count). The van der Waals surface area contributed by atoms with Crippen LogP contribution in [0.1, 0.15) is 17.2 Å². The van der Waals surface area contributed by atoms with Crippen LogP contribution in [0.5, 0.6) is 0 Å². The van der Waals surface area contributed by atoms with Gasteiger partial charge in [-0.1, -0.05) is 78.0 Å². The van der Waals surface area contributed by atoms with Crippen LogP contribution in [-0.4, -0.2) is 18.6 Å². The molecule has 0 aromatic heterocycles. The van der Waals surface area contributed by atoms with Crippen LogP contribution in [0.15, 0.2) is 89.8 Å². The number of oxime groups is 1. The molecule has 0 saturated heterocycles. The Bertz CT molecular complexity index is 816. The molecule has 2 atom stereocenters. The van der Waals surface area contributed by atoms with E-state index in [-0.39, 0.29) is 23.7 Å². The fraction of sp³-hybridized carbons (Fsp3) is 0.182. The molecule has 0 amide bonds. The van der Waals surface area contributed by atoms with Crippen molar-refractivity contribution in [2.24, 2.45) is 17.0 Å². The smallest absolute Gasteiger partial charge is 0.177 e. The Hall–Kier alpha value is -3.14. The zero-order chi connectivity index (χ0) is 17.8. The second kappa shape index (κ2) is 7.40. The second-order valence-corrected chi connectivity index (χ2v) is 6.35. The number of Topliss-reactive ketones (excluding diaryl/α,β-unsaturated/α-hetero) is 1. The van der Waals surface area contributed by atoms with E-state index in [0.717, 1.165) is 16.7 Å². The third-order valence-electron chi connectivity index (χ3n) is 4.65. The number of carbonyl (C=O) groups excluding carboxylic acids is 1. The molecule has 0 bridgehead atoms. The van der Waals surface area contributed by atoms with E-state index in [4.69, 9.17) is 9.57 Å². The summed E-state index contributed by atoms with van der Waals surface area (Å²) in [5.74, 6) is -0.471. The highest BCUT2D eigenvalue weighted by Gasteiger charge is 2.33. The van der Waals surface area contributed by atoms with Crippen molar-refractivity contribution in [3.63, 3.8) is 0 Å². The largest absolute Gasteiger partial charge is 0.500 e. The van der Waals surface area contributed by atoms with Gasteiger partial charge in [-0.15, -0.1) is 0 Å². The van der Waals surface area contributed by atoms with Gasteiger partial charge in [0, 0.05) is 5.57 Å². The van der Waals surface area contributed by atoms with Crippen LogP contribution in [0.25, 0.3) is 0 Å². The van der Waals surface area contributed by atoms with Crippen LogP contribution in [-0.2, 0) is 14.4 Å². The van der Waals surface area contributed by atoms with Crippen molar-refractivity contribution in [2.45, 2.75) is 6.10 Å². The van der Waals surface area contributed by atoms with E-state index >= 15 is 0 Å². The third-order valence-corrected chi connectivity index (χ3v) is 4.65. The topological polar surface area (TPSA) is 47.9 Å². The Kier molecular flexibility index (Phi) is 4.65. The molecule has 2 aromatic carbocycles. The molecular formula is C22H19NO3. The quantitative estimate of drug-likeness (QED) is 0.606. The molecule has 0 radical (unpaired) electrons. The van der Waals surface area contributed by atoms with Crippen LogP contribution in [0.3, 0.4) is 0 Å². The predicted molar refractivity (Wildman–Crippen MR) is 99.5 cm³/mol. The lowest BCUT2D eigenvalue weighted by Gasteiger charge is -2.19. The molecule has 0 fully saturated rings. The number of nitrogens with zero attached hydrogens (tertiary/aromatic N) is 1. The van der Waals surface area contributed by atoms with Crippen LogP contribution in [0.2, 0.25) is 0 Å². The molecule has 2 aromatic rings. The van der Waals surface area contributed by atoms with Gasteiger partial charge in [0.2, 0.25) is 0 Å². The molecule has 2 aliphatic rings. The number of hydrogen-bond acceptors (Lipinski definition) is 4. The molecular weight excluding hydrogens is 326 g/mol. The molecule has 4 heteroatoms. The van der Waals surface area contributed by atoms with E-state index in [0.29, 0.717) is 6.61 Å². The number of ether oxygens (including phenoxy) is 1. The van der Waals surface area contributed by atoms with E-state index in [9.17, 15) is 4.79 Å². The normalized spacial score (nSPS) is 21.6. The summed E-state index contributed by atoms with van der Waals surface area (Å²) in [4.78, 5) is 18.3. The maximum Gasteiger partial charge on any atom is 0.177 e. The average molecular weight is 345 g/mol. The third kappa shape index (κ3) is 3.31. The van der Waals surface area contributed by atoms with Gasteiger partial charge in [0.25, 0.3) is 0 Å². The highest BCUT2D eigenvalue weighted by molar-refractivity contribution is 6.01. The summed E-state index contributed by atoms with van der Waals surface area (Å²) in [6, 6.07) is 19.8. The van der Waals surface area contributed by atoms with Gasteiger partial charge in [-0.2, -0.15) is 0 Å². The maximum atomic E-state index is 12.5. The summed E-state index contributed by atoms with van der Waals surface area (Å²) >= 11 is 0. The molecule has 0 saturated carbocycles. The summed E-state index contributed by atoms with van der Waals surface area (Å²) < 4.78 is 5.26. The number of ketones is 1. The summed E-state index contributed by atoms with van der Waals surface area (Å²) in [5.41, 5.74) is 2.96. The van der Waals surface area contributed by atoms with Gasteiger partial charge >= 0.3 is 0 Å². The van der Waals surface area contributed by atoms with Gasteiger partial charge in [-0.25, -0.2) is 0 Å². The van der Waals surface area contributed by atoms with Crippen molar-refractivity contribution in [1.29, 1.82) is 0 Å². The van der Waals surface area contributed by atoms with Crippen molar-refractivity contribution in [3.8, 4) is 0 Å². The van der Waals surface area contributed by atoms with Gasteiger partial charge in [-0.3, -0.25) is 4.79 Å². The first kappa shape index (κ1) is 16.3. The predicted octanol–water partition coefficient (Wildman–Crippen LogP) is 4.06. The van der Waals surface area contributed by atoms with Gasteiger partial charge in [-0.05, 0) is 11.1 Å². The van der Waals surface area contributed by atoms with Gasteiger partial charge in [0.15, 0.2) is 11.9 Å². The van der Waals surface area contributed by atoms with Crippen molar-refractivity contribution in [2.75, 3.05) is 6.61 Å². The van der Waals surface area contributed by atoms with Gasteiger partial charge < -0.3 is 9.57 Å². The lowest BCUT2D eigenvalue weighted by molar-refractivity contribution is -0.123. The maximum absolute atomic E-state index is 12.5. The minimum Gasteiger partial charge on any atom is -0.500 e. The molecule has 2 unspecified atom stereocenters. The van der Waals surface area contributed by atoms with E-state index in [1.54, 1.807) is 12.5 Å². The Balaban J connectivity index is 1.52. The second-order valence-electron chi connectivity index (χ2n) is 6.35. The molecule has 1 aliphatic heterocycles. The van der Waals surface area contributed by atoms with Crippen molar-refractivity contribution in [1.82, 2.24) is 0 Å². The number of carbonyl (C=O) groups is 1. The van der Waals surface area contributed by atoms with Crippen molar-refractivity contribution in [3.05, 3.63) is 95.8 Å². The fourth-order valence-corrected chi connectivity index (χ4v) is 3.22. The van der Waals surface area contributed by atoms with Crippen LogP contribution < -0.4 is 0 Å². The Labute approximate surface area is 152 Å². The van der Waals surface area contributed by atoms with Gasteiger partial charge in [0.05, 0.1) is 24.3 Å². The fourth-order valence-electron chi connectivity index (χ4n) is 3.22. The molecule has 130 valence electrons. The van der Waals surface area contributed by atoms with E-state index < -0.39 is 0 Å². The highest BCUT2D eigenvalue weighted by Crippen LogP contribution is 2.29. The van der Waals surface area contributed by atoms with Crippen LogP contribution in [0.4, 0.5) is 0 Å². The number of hydrogen-bond donors (Lipinski definition) is 0. The first-order chi connectivity index (χ1) is 12.8. The first-order valence-electron chi connectivity index (χ1n) is 8.66. The molecule has 0 N–H and O–H groups in total. The van der Waals surface area contributed by atoms with Gasteiger partial charge in [0.1, 0.15) is 6.61 Å². The number of allylic oxidation sites excluding steroid dienone is 2. The standard InChI is InChI=1S/C22H19NO3/c24-21-18(11-12-19-14-25-15-20(19)21)13-23-26-22(16-7-3-1-4-8-16)17-9-5-2-6-10-17/h1-14,18,20,22H,15H2. The lowest BCUT2D eigenvalue weighted by atomic mass is 9.84. The molecule has 1 aliphatic carbocycles. The molecule has 0 spiro atoms. The SMILES string of the molecule is O=C1C(C=NOC(c2ccccc2)c2ccccc2)C=CC2=COCC12. The van der Waals surface area contributed by atoms with Crippen molar-refractivity contribution < 1.29 is 14.4 Å². The number of rotatable bonds is 5. The van der Waals surface area contributed by atoms with Crippen LogP contribution >= 0.6 is 0 Å². The highest BCUT2D eigenvalue weighted by atomic mass is 16.6. The average Bonchev–Trinajstić information content (AvgIpc) is 3.18. The van der Waals surface area contributed by atoms with E-state index in [1.165, 1.54) is 0 Å². The van der Waals surface area contributed by atoms with Crippen LogP contribution in [0, 0.1) is 11.8 Å².